The standard InChI is InChI=1S/C45H58ClN3O6/c1-29(28-54-39-10-18-47-38-9-4-6-30(2)42(38)39)22-32-23-31-24-40-41(55-36(13-21-53-40)27-49(3)35-11-19-52-20-12-35)26-37(31)44(32)14-16-45(17-15-44,43(50)51)48-34-8-5-7-33(46)25-34/h5,7-8,10,18,24-26,29-30,32,35-36,48H,4,6,9,11-17,19-23,27-28H2,1-3H3,(H,50,51)/t29-,30-,32?,36?,44?,45?/m1/s1. The number of nitrogens with one attached hydrogen (secondary N) is 1. The van der Waals surface area contributed by atoms with Crippen molar-refractivity contribution in [3.05, 3.63) is 76.1 Å². The first kappa shape index (κ1) is 38.3. The van der Waals surface area contributed by atoms with Gasteiger partial charge >= 0.3 is 5.97 Å². The number of nitrogens with zero attached hydrogens (tertiary/aromatic N) is 2. The molecule has 10 heteroatoms. The molecule has 1 aromatic heterocycles. The highest BCUT2D eigenvalue weighted by Crippen LogP contribution is 2.58. The Bertz CT molecular complexity index is 1840. The van der Waals surface area contributed by atoms with Crippen LogP contribution in [0.1, 0.15) is 106 Å². The molecule has 296 valence electrons. The zero-order valence-corrected chi connectivity index (χ0v) is 33.5. The van der Waals surface area contributed by atoms with Gasteiger partial charge in [0.1, 0.15) is 17.4 Å². The van der Waals surface area contributed by atoms with E-state index in [1.807, 2.05) is 36.5 Å². The second kappa shape index (κ2) is 16.1. The molecule has 0 radical (unpaired) electrons. The molecule has 2 unspecified atom stereocenters. The van der Waals surface area contributed by atoms with Crippen LogP contribution in [0.25, 0.3) is 0 Å². The second-order valence-electron chi connectivity index (χ2n) is 17.3. The number of hydrogen-bond donors (Lipinski definition) is 2. The summed E-state index contributed by atoms with van der Waals surface area (Å²) < 4.78 is 25.5. The minimum atomic E-state index is -1.08. The number of halogens is 1. The lowest BCUT2D eigenvalue weighted by molar-refractivity contribution is -0.144. The Hall–Kier alpha value is -3.53. The maximum absolute atomic E-state index is 13.1. The van der Waals surface area contributed by atoms with Gasteiger partial charge in [-0.05, 0) is 148 Å². The van der Waals surface area contributed by atoms with Crippen LogP contribution in [0.2, 0.25) is 5.02 Å². The van der Waals surface area contributed by atoms with E-state index in [2.05, 4.69) is 43.2 Å². The van der Waals surface area contributed by atoms with Gasteiger partial charge in [-0.25, -0.2) is 4.79 Å². The first-order chi connectivity index (χ1) is 26.6. The third-order valence-electron chi connectivity index (χ3n) is 13.7. The minimum Gasteiger partial charge on any atom is -0.493 e. The summed E-state index contributed by atoms with van der Waals surface area (Å²) in [6.45, 7) is 8.32. The highest BCUT2D eigenvalue weighted by atomic mass is 35.5. The van der Waals surface area contributed by atoms with Crippen LogP contribution in [-0.2, 0) is 27.8 Å². The van der Waals surface area contributed by atoms with E-state index in [0.29, 0.717) is 54.9 Å². The lowest BCUT2D eigenvalue weighted by atomic mass is 9.59. The highest BCUT2D eigenvalue weighted by molar-refractivity contribution is 6.30. The van der Waals surface area contributed by atoms with Gasteiger partial charge in [0.05, 0.1) is 13.2 Å². The number of carbonyl (C=O) groups is 1. The fourth-order valence-corrected chi connectivity index (χ4v) is 10.8. The van der Waals surface area contributed by atoms with Crippen molar-refractivity contribution in [2.45, 2.75) is 120 Å². The fraction of sp³-hybridized carbons (Fsp3) is 0.600. The number of pyridine rings is 1. The van der Waals surface area contributed by atoms with Gasteiger partial charge in [0, 0.05) is 60.4 Å². The average molecular weight is 772 g/mol. The summed E-state index contributed by atoms with van der Waals surface area (Å²) >= 11 is 6.33. The van der Waals surface area contributed by atoms with Gasteiger partial charge < -0.3 is 29.4 Å². The molecule has 4 atom stereocenters. The van der Waals surface area contributed by atoms with Crippen molar-refractivity contribution in [2.75, 3.05) is 45.3 Å². The van der Waals surface area contributed by atoms with E-state index < -0.39 is 11.5 Å². The minimum absolute atomic E-state index is 0.0204. The Morgan fingerprint density at radius 2 is 1.89 bits per heavy atom. The van der Waals surface area contributed by atoms with Crippen molar-refractivity contribution in [3.63, 3.8) is 0 Å². The first-order valence-electron chi connectivity index (χ1n) is 20.7. The van der Waals surface area contributed by atoms with Crippen molar-refractivity contribution in [1.82, 2.24) is 9.88 Å². The molecule has 2 N–H and O–H groups in total. The molecule has 1 saturated heterocycles. The summed E-state index contributed by atoms with van der Waals surface area (Å²) in [7, 11) is 2.21. The molecule has 3 heterocycles. The van der Waals surface area contributed by atoms with Gasteiger partial charge in [-0.15, -0.1) is 0 Å². The summed E-state index contributed by atoms with van der Waals surface area (Å²) in [6.07, 6.45) is 12.6. The third kappa shape index (κ3) is 7.91. The van der Waals surface area contributed by atoms with Crippen LogP contribution >= 0.6 is 11.6 Å². The number of carboxylic acid groups (broad SMARTS) is 1. The van der Waals surface area contributed by atoms with E-state index in [0.717, 1.165) is 94.1 Å². The Morgan fingerprint density at radius 3 is 2.67 bits per heavy atom. The van der Waals surface area contributed by atoms with E-state index in [1.165, 1.54) is 35.2 Å². The molecule has 3 aliphatic carbocycles. The zero-order chi connectivity index (χ0) is 38.2. The number of aryl methyl sites for hydroxylation is 1. The maximum Gasteiger partial charge on any atom is 0.329 e. The summed E-state index contributed by atoms with van der Waals surface area (Å²) in [4.78, 5) is 20.3. The Balaban J connectivity index is 1.05. The SMILES string of the molecule is C[C@@H](COc1ccnc2c1[C@H](C)CCC2)CC1Cc2cc3c(cc2C12CCC(Nc1cccc(Cl)c1)(C(=O)O)CC2)OC(CN(C)C1CCOCC1)CCO3. The number of hydrogen-bond acceptors (Lipinski definition) is 8. The van der Waals surface area contributed by atoms with Crippen molar-refractivity contribution >= 4 is 23.3 Å². The van der Waals surface area contributed by atoms with Crippen LogP contribution in [0.5, 0.6) is 17.2 Å². The Kier molecular flexibility index (Phi) is 11.3. The maximum atomic E-state index is 13.1. The largest absolute Gasteiger partial charge is 0.493 e. The van der Waals surface area contributed by atoms with Gasteiger partial charge in [-0.3, -0.25) is 9.88 Å². The molecule has 0 bridgehead atoms. The van der Waals surface area contributed by atoms with Crippen molar-refractivity contribution < 1.29 is 28.8 Å². The number of likely N-dealkylation sites (N-methyl/N-ethyl adjacent to an activating group) is 1. The molecule has 8 rings (SSSR count). The van der Waals surface area contributed by atoms with Gasteiger partial charge in [0.2, 0.25) is 0 Å². The highest BCUT2D eigenvalue weighted by Gasteiger charge is 2.54. The number of aromatic nitrogens is 1. The lowest BCUT2D eigenvalue weighted by Crippen LogP contribution is -2.53. The molecule has 1 spiro atoms. The number of aliphatic carboxylic acids is 1. The van der Waals surface area contributed by atoms with Crippen LogP contribution in [-0.4, -0.2) is 78.7 Å². The van der Waals surface area contributed by atoms with Gasteiger partial charge in [0.15, 0.2) is 11.5 Å². The van der Waals surface area contributed by atoms with Crippen LogP contribution in [0.3, 0.4) is 0 Å². The topological polar surface area (TPSA) is 102 Å². The Labute approximate surface area is 331 Å². The van der Waals surface area contributed by atoms with E-state index >= 15 is 0 Å². The number of anilines is 1. The number of rotatable bonds is 11. The van der Waals surface area contributed by atoms with E-state index in [-0.39, 0.29) is 11.5 Å². The van der Waals surface area contributed by atoms with E-state index in [1.54, 1.807) is 0 Å². The quantitative estimate of drug-likeness (QED) is 0.198. The molecule has 5 aliphatic rings. The number of benzene rings is 2. The smallest absolute Gasteiger partial charge is 0.329 e. The summed E-state index contributed by atoms with van der Waals surface area (Å²) in [5, 5.41) is 14.8. The van der Waals surface area contributed by atoms with Crippen LogP contribution in [0.15, 0.2) is 48.7 Å². The number of carboxylic acids is 1. The first-order valence-corrected chi connectivity index (χ1v) is 21.1. The molecule has 55 heavy (non-hydrogen) atoms. The molecule has 9 nitrogen and oxygen atoms in total. The van der Waals surface area contributed by atoms with Crippen molar-refractivity contribution in [2.24, 2.45) is 11.8 Å². The predicted molar refractivity (Wildman–Crippen MR) is 215 cm³/mol. The molecule has 2 aromatic carbocycles. The molecular formula is C45H58ClN3O6. The van der Waals surface area contributed by atoms with Crippen LogP contribution in [0.4, 0.5) is 5.69 Å². The summed E-state index contributed by atoms with van der Waals surface area (Å²) in [5.41, 5.74) is 4.55. The second-order valence-corrected chi connectivity index (χ2v) is 17.7. The average Bonchev–Trinajstić information content (AvgIpc) is 3.30. The van der Waals surface area contributed by atoms with Gasteiger partial charge in [-0.2, -0.15) is 0 Å². The van der Waals surface area contributed by atoms with Crippen molar-refractivity contribution in [3.8, 4) is 17.2 Å². The Morgan fingerprint density at radius 1 is 1.07 bits per heavy atom. The van der Waals surface area contributed by atoms with Crippen molar-refractivity contribution in [1.29, 1.82) is 0 Å². The van der Waals surface area contributed by atoms with Crippen LogP contribution < -0.4 is 19.5 Å². The molecular weight excluding hydrogens is 714 g/mol. The zero-order valence-electron chi connectivity index (χ0n) is 32.8. The van der Waals surface area contributed by atoms with Gasteiger partial charge in [-0.1, -0.05) is 31.5 Å². The number of ether oxygens (including phenoxy) is 4. The fourth-order valence-electron chi connectivity index (χ4n) is 10.6. The summed E-state index contributed by atoms with van der Waals surface area (Å²) in [5.74, 6) is 2.90. The van der Waals surface area contributed by atoms with Gasteiger partial charge in [0.25, 0.3) is 0 Å². The molecule has 3 aromatic rings. The normalized spacial score (nSPS) is 28.3. The third-order valence-corrected chi connectivity index (χ3v) is 13.9. The predicted octanol–water partition coefficient (Wildman–Crippen LogP) is 8.84. The lowest BCUT2D eigenvalue weighted by Gasteiger charge is -2.47. The molecule has 0 amide bonds. The molecule has 2 fully saturated rings. The van der Waals surface area contributed by atoms with E-state index in [4.69, 9.17) is 35.5 Å². The molecule has 1 saturated carbocycles. The molecule has 2 aliphatic heterocycles. The summed E-state index contributed by atoms with van der Waals surface area (Å²) in [6, 6.07) is 14.5. The van der Waals surface area contributed by atoms with Crippen LogP contribution in [0, 0.1) is 11.8 Å². The van der Waals surface area contributed by atoms with E-state index in [9.17, 15) is 9.90 Å². The number of fused-ring (bicyclic) bond motifs is 4. The monoisotopic (exact) mass is 771 g/mol.